The highest BCUT2D eigenvalue weighted by Crippen LogP contribution is 2.36. The highest BCUT2D eigenvalue weighted by Gasteiger charge is 2.36. The van der Waals surface area contributed by atoms with Crippen LogP contribution in [0.2, 0.25) is 0 Å². The number of likely N-dealkylation sites (tertiary alicyclic amines) is 1. The van der Waals surface area contributed by atoms with Crippen molar-refractivity contribution < 1.29 is 4.79 Å². The van der Waals surface area contributed by atoms with Crippen molar-refractivity contribution in [1.29, 1.82) is 0 Å². The van der Waals surface area contributed by atoms with Gasteiger partial charge in [0.25, 0.3) is 5.91 Å². The molecule has 1 atom stereocenters. The second kappa shape index (κ2) is 6.61. The molecule has 0 aromatic heterocycles. The van der Waals surface area contributed by atoms with E-state index in [0.29, 0.717) is 12.6 Å². The van der Waals surface area contributed by atoms with Crippen LogP contribution in [-0.2, 0) is 6.42 Å². The van der Waals surface area contributed by atoms with Crippen LogP contribution in [0.4, 0.5) is 0 Å². The third kappa shape index (κ3) is 2.98. The predicted molar refractivity (Wildman–Crippen MR) is 85.2 cm³/mol. The van der Waals surface area contributed by atoms with Gasteiger partial charge in [-0.05, 0) is 56.2 Å². The minimum absolute atomic E-state index is 0.230. The maximum atomic E-state index is 13.0. The smallest absolute Gasteiger partial charge is 0.254 e. The van der Waals surface area contributed by atoms with Crippen molar-refractivity contribution in [2.24, 2.45) is 11.7 Å². The van der Waals surface area contributed by atoms with Gasteiger partial charge in [0.1, 0.15) is 0 Å². The molecule has 21 heavy (non-hydrogen) atoms. The summed E-state index contributed by atoms with van der Waals surface area (Å²) < 4.78 is 0. The lowest BCUT2D eigenvalue weighted by Crippen LogP contribution is -2.39. The SMILES string of the molecule is NCCc1ccccc1C(=O)N1CCCC1C1CCCC1. The van der Waals surface area contributed by atoms with Crippen molar-refractivity contribution in [1.82, 2.24) is 4.90 Å². The molecule has 0 bridgehead atoms. The summed E-state index contributed by atoms with van der Waals surface area (Å²) >= 11 is 0. The second-order valence-electron chi connectivity index (χ2n) is 6.45. The van der Waals surface area contributed by atoms with Gasteiger partial charge in [-0.15, -0.1) is 0 Å². The van der Waals surface area contributed by atoms with Crippen molar-refractivity contribution in [2.75, 3.05) is 13.1 Å². The average molecular weight is 286 g/mol. The highest BCUT2D eigenvalue weighted by molar-refractivity contribution is 5.96. The zero-order valence-corrected chi connectivity index (χ0v) is 12.8. The number of hydrogen-bond donors (Lipinski definition) is 1. The lowest BCUT2D eigenvalue weighted by molar-refractivity contribution is 0.0688. The summed E-state index contributed by atoms with van der Waals surface area (Å²) in [5.74, 6) is 0.964. The van der Waals surface area contributed by atoms with Gasteiger partial charge in [0, 0.05) is 18.2 Å². The quantitative estimate of drug-likeness (QED) is 0.925. The standard InChI is InChI=1S/C18H26N2O/c19-12-11-14-6-3-4-9-16(14)18(21)20-13-5-10-17(20)15-7-1-2-8-15/h3-4,6,9,15,17H,1-2,5,7-8,10-13,19H2. The number of benzene rings is 1. The topological polar surface area (TPSA) is 46.3 Å². The third-order valence-electron chi connectivity index (χ3n) is 5.17. The Morgan fingerprint density at radius 2 is 1.90 bits per heavy atom. The predicted octanol–water partition coefficient (Wildman–Crippen LogP) is 2.98. The Balaban J connectivity index is 1.80. The van der Waals surface area contributed by atoms with Crippen LogP contribution in [0.3, 0.4) is 0 Å². The second-order valence-corrected chi connectivity index (χ2v) is 6.45. The summed E-state index contributed by atoms with van der Waals surface area (Å²) in [6, 6.07) is 8.46. The van der Waals surface area contributed by atoms with Gasteiger partial charge >= 0.3 is 0 Å². The van der Waals surface area contributed by atoms with Gasteiger partial charge in [0.05, 0.1) is 0 Å². The Labute approximate surface area is 127 Å². The maximum Gasteiger partial charge on any atom is 0.254 e. The van der Waals surface area contributed by atoms with Gasteiger partial charge < -0.3 is 10.6 Å². The molecular formula is C18H26N2O. The van der Waals surface area contributed by atoms with E-state index < -0.39 is 0 Å². The van der Waals surface area contributed by atoms with Crippen molar-refractivity contribution in [3.05, 3.63) is 35.4 Å². The molecule has 1 amide bonds. The zero-order valence-electron chi connectivity index (χ0n) is 12.8. The third-order valence-corrected chi connectivity index (χ3v) is 5.17. The van der Waals surface area contributed by atoms with E-state index in [1.54, 1.807) is 0 Å². The Hall–Kier alpha value is -1.35. The molecule has 2 fully saturated rings. The van der Waals surface area contributed by atoms with Crippen LogP contribution in [0.5, 0.6) is 0 Å². The summed E-state index contributed by atoms with van der Waals surface area (Å²) in [6.45, 7) is 1.52. The zero-order chi connectivity index (χ0) is 14.7. The summed E-state index contributed by atoms with van der Waals surface area (Å²) in [5, 5.41) is 0. The van der Waals surface area contributed by atoms with E-state index in [1.165, 1.54) is 32.1 Å². The van der Waals surface area contributed by atoms with E-state index in [1.807, 2.05) is 24.3 Å². The number of hydrogen-bond acceptors (Lipinski definition) is 2. The van der Waals surface area contributed by atoms with Crippen molar-refractivity contribution in [3.63, 3.8) is 0 Å². The highest BCUT2D eigenvalue weighted by atomic mass is 16.2. The van der Waals surface area contributed by atoms with Gasteiger partial charge in [-0.25, -0.2) is 0 Å². The first-order chi connectivity index (χ1) is 10.3. The van der Waals surface area contributed by atoms with Crippen molar-refractivity contribution >= 4 is 5.91 Å². The Bertz CT molecular complexity index is 494. The largest absolute Gasteiger partial charge is 0.335 e. The first-order valence-electron chi connectivity index (χ1n) is 8.40. The molecule has 2 aliphatic rings. The normalized spacial score (nSPS) is 22.9. The van der Waals surface area contributed by atoms with Crippen LogP contribution in [0, 0.1) is 5.92 Å². The minimum atomic E-state index is 0.230. The molecule has 3 rings (SSSR count). The van der Waals surface area contributed by atoms with Crippen LogP contribution in [-0.4, -0.2) is 29.9 Å². The molecular weight excluding hydrogens is 260 g/mol. The number of amides is 1. The van der Waals surface area contributed by atoms with Crippen LogP contribution in [0.1, 0.15) is 54.4 Å². The number of nitrogens with two attached hydrogens (primary N) is 1. The number of nitrogens with zero attached hydrogens (tertiary/aromatic N) is 1. The fourth-order valence-electron chi connectivity index (χ4n) is 4.13. The van der Waals surface area contributed by atoms with E-state index in [0.717, 1.165) is 36.4 Å². The fraction of sp³-hybridized carbons (Fsp3) is 0.611. The molecule has 1 unspecified atom stereocenters. The molecule has 1 heterocycles. The molecule has 0 spiro atoms. The van der Waals surface area contributed by atoms with Crippen LogP contribution >= 0.6 is 0 Å². The van der Waals surface area contributed by atoms with Crippen molar-refractivity contribution in [2.45, 2.75) is 51.0 Å². The van der Waals surface area contributed by atoms with E-state index >= 15 is 0 Å². The lowest BCUT2D eigenvalue weighted by Gasteiger charge is -2.30. The summed E-state index contributed by atoms with van der Waals surface area (Å²) in [4.78, 5) is 15.2. The molecule has 1 saturated heterocycles. The average Bonchev–Trinajstić information content (AvgIpc) is 3.18. The molecule has 1 aliphatic carbocycles. The van der Waals surface area contributed by atoms with Gasteiger partial charge in [-0.1, -0.05) is 31.0 Å². The van der Waals surface area contributed by atoms with Crippen LogP contribution in [0.25, 0.3) is 0 Å². The Morgan fingerprint density at radius 3 is 2.67 bits per heavy atom. The monoisotopic (exact) mass is 286 g/mol. The van der Waals surface area contributed by atoms with E-state index in [-0.39, 0.29) is 5.91 Å². The molecule has 1 aliphatic heterocycles. The summed E-state index contributed by atoms with van der Waals surface area (Å²) in [5.41, 5.74) is 7.65. The number of rotatable bonds is 4. The van der Waals surface area contributed by atoms with Gasteiger partial charge in [-0.2, -0.15) is 0 Å². The molecule has 1 aromatic rings. The lowest BCUT2D eigenvalue weighted by atomic mass is 9.95. The molecule has 3 nitrogen and oxygen atoms in total. The van der Waals surface area contributed by atoms with Gasteiger partial charge in [0.2, 0.25) is 0 Å². The minimum Gasteiger partial charge on any atom is -0.335 e. The Morgan fingerprint density at radius 1 is 1.14 bits per heavy atom. The van der Waals surface area contributed by atoms with Crippen LogP contribution in [0.15, 0.2) is 24.3 Å². The first kappa shape index (κ1) is 14.6. The molecule has 1 aromatic carbocycles. The summed E-state index contributed by atoms with van der Waals surface area (Å²) in [7, 11) is 0. The molecule has 3 heteroatoms. The summed E-state index contributed by atoms with van der Waals surface area (Å²) in [6.07, 6.45) is 8.42. The number of carbonyl (C=O) groups excluding carboxylic acids is 1. The maximum absolute atomic E-state index is 13.0. The molecule has 114 valence electrons. The van der Waals surface area contributed by atoms with Crippen molar-refractivity contribution in [3.8, 4) is 0 Å². The molecule has 2 N–H and O–H groups in total. The van der Waals surface area contributed by atoms with Gasteiger partial charge in [-0.3, -0.25) is 4.79 Å². The number of carbonyl (C=O) groups is 1. The molecule has 1 saturated carbocycles. The van der Waals surface area contributed by atoms with E-state index in [4.69, 9.17) is 5.73 Å². The first-order valence-corrected chi connectivity index (χ1v) is 8.40. The van der Waals surface area contributed by atoms with Gasteiger partial charge in [0.15, 0.2) is 0 Å². The molecule has 0 radical (unpaired) electrons. The fourth-order valence-corrected chi connectivity index (χ4v) is 4.13. The van der Waals surface area contributed by atoms with E-state index in [9.17, 15) is 4.79 Å². The Kier molecular flexibility index (Phi) is 4.59. The van der Waals surface area contributed by atoms with E-state index in [2.05, 4.69) is 4.90 Å². The van der Waals surface area contributed by atoms with Crippen LogP contribution < -0.4 is 5.73 Å².